The monoisotopic (exact) mass is 337 g/mol. The van der Waals surface area contributed by atoms with Crippen LogP contribution in [0.4, 0.5) is 13.2 Å². The van der Waals surface area contributed by atoms with Gasteiger partial charge in [0, 0.05) is 11.0 Å². The number of carbonyl (C=O) groups excluding carboxylic acids is 1. The number of amides is 1. The third-order valence-electron chi connectivity index (χ3n) is 2.55. The van der Waals surface area contributed by atoms with E-state index in [-0.39, 0.29) is 5.56 Å². The van der Waals surface area contributed by atoms with Gasteiger partial charge in [-0.2, -0.15) is 13.2 Å². The fraction of sp³-hybridized carbons (Fsp3) is 0.462. The molecule has 2 nitrogen and oxygen atoms in total. The van der Waals surface area contributed by atoms with Crippen LogP contribution in [0.3, 0.4) is 0 Å². The van der Waals surface area contributed by atoms with Crippen LogP contribution in [0.25, 0.3) is 0 Å². The molecule has 6 heteroatoms. The zero-order valence-corrected chi connectivity index (χ0v) is 12.2. The molecule has 0 aliphatic carbocycles. The first-order valence-corrected chi connectivity index (χ1v) is 6.66. The van der Waals surface area contributed by atoms with E-state index in [9.17, 15) is 18.0 Å². The van der Waals surface area contributed by atoms with E-state index < -0.39 is 17.6 Å². The van der Waals surface area contributed by atoms with Gasteiger partial charge in [-0.15, -0.1) is 0 Å². The number of hydrogen-bond acceptors (Lipinski definition) is 1. The molecule has 0 radical (unpaired) electrons. The van der Waals surface area contributed by atoms with Crippen molar-refractivity contribution in [1.29, 1.82) is 0 Å². The molecule has 1 N–H and O–H groups in total. The summed E-state index contributed by atoms with van der Waals surface area (Å²) in [5, 5.41) is 2.61. The highest BCUT2D eigenvalue weighted by Gasteiger charge is 2.31. The van der Waals surface area contributed by atoms with Gasteiger partial charge in [0.25, 0.3) is 5.91 Å². The Labute approximate surface area is 118 Å². The maximum absolute atomic E-state index is 12.6. The maximum Gasteiger partial charge on any atom is 0.416 e. The van der Waals surface area contributed by atoms with Gasteiger partial charge in [0.15, 0.2) is 0 Å². The van der Waals surface area contributed by atoms with Gasteiger partial charge >= 0.3 is 6.18 Å². The molecule has 0 saturated carbocycles. The van der Waals surface area contributed by atoms with Gasteiger partial charge in [-0.05, 0) is 46.5 Å². The second-order valence-electron chi connectivity index (χ2n) is 4.63. The number of benzene rings is 1. The Bertz CT molecular complexity index is 458. The third kappa shape index (κ3) is 4.86. The number of carbonyl (C=O) groups is 1. The molecule has 0 aliphatic heterocycles. The molecule has 1 aromatic carbocycles. The Morgan fingerprint density at radius 2 is 2.00 bits per heavy atom. The molecule has 0 aliphatic rings. The SMILES string of the molecule is CC(C)CCNC(=O)c1cc(C(F)(F)F)ccc1Br. The van der Waals surface area contributed by atoms with Gasteiger partial charge in [-0.25, -0.2) is 0 Å². The Balaban J connectivity index is 2.84. The quantitative estimate of drug-likeness (QED) is 0.874. The van der Waals surface area contributed by atoms with Crippen molar-refractivity contribution in [3.8, 4) is 0 Å². The number of halogens is 4. The van der Waals surface area contributed by atoms with E-state index in [0.29, 0.717) is 16.9 Å². The molecule has 106 valence electrons. The second kappa shape index (κ2) is 6.41. The summed E-state index contributed by atoms with van der Waals surface area (Å²) in [4.78, 5) is 11.8. The molecule has 19 heavy (non-hydrogen) atoms. The lowest BCUT2D eigenvalue weighted by Crippen LogP contribution is -2.26. The smallest absolute Gasteiger partial charge is 0.352 e. The Hall–Kier alpha value is -1.04. The number of nitrogens with one attached hydrogen (secondary N) is 1. The van der Waals surface area contributed by atoms with Gasteiger partial charge in [0.1, 0.15) is 0 Å². The molecule has 0 saturated heterocycles. The Morgan fingerprint density at radius 1 is 1.37 bits per heavy atom. The molecular formula is C13H15BrF3NO. The molecular weight excluding hydrogens is 323 g/mol. The van der Waals surface area contributed by atoms with Crippen molar-refractivity contribution in [2.45, 2.75) is 26.4 Å². The largest absolute Gasteiger partial charge is 0.416 e. The van der Waals surface area contributed by atoms with Crippen molar-refractivity contribution in [2.75, 3.05) is 6.54 Å². The summed E-state index contributed by atoms with van der Waals surface area (Å²) in [6.07, 6.45) is -3.67. The lowest BCUT2D eigenvalue weighted by molar-refractivity contribution is -0.137. The lowest BCUT2D eigenvalue weighted by atomic mass is 10.1. The summed E-state index contributed by atoms with van der Waals surface area (Å²) in [6.45, 7) is 4.46. The van der Waals surface area contributed by atoms with Gasteiger partial charge in [0.05, 0.1) is 11.1 Å². The van der Waals surface area contributed by atoms with Crippen LogP contribution in [-0.2, 0) is 6.18 Å². The van der Waals surface area contributed by atoms with Gasteiger partial charge in [-0.3, -0.25) is 4.79 Å². The first-order valence-electron chi connectivity index (χ1n) is 5.86. The van der Waals surface area contributed by atoms with Crippen molar-refractivity contribution in [3.05, 3.63) is 33.8 Å². The number of rotatable bonds is 4. The van der Waals surface area contributed by atoms with E-state index in [2.05, 4.69) is 21.2 Å². The predicted molar refractivity (Wildman–Crippen MR) is 70.9 cm³/mol. The minimum absolute atomic E-state index is 0.00131. The van der Waals surface area contributed by atoms with Crippen molar-refractivity contribution in [1.82, 2.24) is 5.32 Å². The van der Waals surface area contributed by atoms with Crippen LogP contribution in [0.2, 0.25) is 0 Å². The summed E-state index contributed by atoms with van der Waals surface area (Å²) in [6, 6.07) is 3.03. The molecule has 0 bridgehead atoms. The van der Waals surface area contributed by atoms with Crippen molar-refractivity contribution >= 4 is 21.8 Å². The van der Waals surface area contributed by atoms with Crippen molar-refractivity contribution < 1.29 is 18.0 Å². The topological polar surface area (TPSA) is 29.1 Å². The fourth-order valence-corrected chi connectivity index (χ4v) is 1.87. The summed E-state index contributed by atoms with van der Waals surface area (Å²) >= 11 is 3.09. The standard InChI is InChI=1S/C13H15BrF3NO/c1-8(2)5-6-18-12(19)10-7-9(13(15,16)17)3-4-11(10)14/h3-4,7-8H,5-6H2,1-2H3,(H,18,19). The average molecular weight is 338 g/mol. The summed E-state index contributed by atoms with van der Waals surface area (Å²) < 4.78 is 38.1. The molecule has 0 atom stereocenters. The van der Waals surface area contributed by atoms with Crippen molar-refractivity contribution in [2.24, 2.45) is 5.92 Å². The van der Waals surface area contributed by atoms with E-state index in [4.69, 9.17) is 0 Å². The molecule has 1 rings (SSSR count). The molecule has 1 amide bonds. The minimum Gasteiger partial charge on any atom is -0.352 e. The van der Waals surface area contributed by atoms with Crippen molar-refractivity contribution in [3.63, 3.8) is 0 Å². The molecule has 0 spiro atoms. The van der Waals surface area contributed by atoms with Crippen LogP contribution in [-0.4, -0.2) is 12.5 Å². The Kier molecular flexibility index (Phi) is 5.40. The fourth-order valence-electron chi connectivity index (χ4n) is 1.45. The minimum atomic E-state index is -4.45. The highest BCUT2D eigenvalue weighted by atomic mass is 79.9. The van der Waals surface area contributed by atoms with Crippen LogP contribution in [0.1, 0.15) is 36.2 Å². The van der Waals surface area contributed by atoms with Crippen LogP contribution in [0, 0.1) is 5.92 Å². The lowest BCUT2D eigenvalue weighted by Gasteiger charge is -2.11. The number of alkyl halides is 3. The third-order valence-corrected chi connectivity index (χ3v) is 3.24. The Morgan fingerprint density at radius 3 is 2.53 bits per heavy atom. The normalized spacial score (nSPS) is 11.7. The summed E-state index contributed by atoms with van der Waals surface area (Å²) in [5.41, 5.74) is -0.830. The number of hydrogen-bond donors (Lipinski definition) is 1. The molecule has 0 fully saturated rings. The van der Waals surface area contributed by atoms with Gasteiger partial charge in [0.2, 0.25) is 0 Å². The van der Waals surface area contributed by atoms with Crippen LogP contribution in [0.5, 0.6) is 0 Å². The highest BCUT2D eigenvalue weighted by molar-refractivity contribution is 9.10. The van der Waals surface area contributed by atoms with E-state index >= 15 is 0 Å². The zero-order valence-electron chi connectivity index (χ0n) is 10.6. The van der Waals surface area contributed by atoms with E-state index in [1.807, 2.05) is 13.8 Å². The van der Waals surface area contributed by atoms with Crippen LogP contribution in [0.15, 0.2) is 22.7 Å². The first kappa shape index (κ1) is 16.0. The molecule has 1 aromatic rings. The second-order valence-corrected chi connectivity index (χ2v) is 5.49. The van der Waals surface area contributed by atoms with E-state index in [1.54, 1.807) is 0 Å². The average Bonchev–Trinajstić information content (AvgIpc) is 2.27. The first-order chi connectivity index (χ1) is 8.71. The summed E-state index contributed by atoms with van der Waals surface area (Å²) in [5.74, 6) is -0.0797. The highest BCUT2D eigenvalue weighted by Crippen LogP contribution is 2.31. The van der Waals surface area contributed by atoms with E-state index in [0.717, 1.165) is 18.6 Å². The molecule has 0 unspecified atom stereocenters. The van der Waals surface area contributed by atoms with Crippen LogP contribution >= 0.6 is 15.9 Å². The molecule has 0 heterocycles. The van der Waals surface area contributed by atoms with Gasteiger partial charge < -0.3 is 5.32 Å². The summed E-state index contributed by atoms with van der Waals surface area (Å²) in [7, 11) is 0. The van der Waals surface area contributed by atoms with E-state index in [1.165, 1.54) is 6.07 Å². The van der Waals surface area contributed by atoms with Gasteiger partial charge in [-0.1, -0.05) is 13.8 Å². The maximum atomic E-state index is 12.6. The predicted octanol–water partition coefficient (Wildman–Crippen LogP) is 4.24. The zero-order chi connectivity index (χ0) is 14.6. The van der Waals surface area contributed by atoms with Crippen LogP contribution < -0.4 is 5.32 Å². The molecule has 0 aromatic heterocycles.